The van der Waals surface area contributed by atoms with Gasteiger partial charge in [-0.15, -0.1) is 0 Å². The molecule has 1 unspecified atom stereocenters. The lowest BCUT2D eigenvalue weighted by Gasteiger charge is -2.18. The maximum Gasteiger partial charge on any atom is 0.144 e. The van der Waals surface area contributed by atoms with Crippen LogP contribution in [0.4, 0.5) is 0 Å². The second kappa shape index (κ2) is 4.36. The first kappa shape index (κ1) is 12.8. The summed E-state index contributed by atoms with van der Waals surface area (Å²) in [4.78, 5) is 0. The normalized spacial score (nSPS) is 16.5. The zero-order valence-electron chi connectivity index (χ0n) is 9.55. The van der Waals surface area contributed by atoms with Crippen LogP contribution in [0.25, 0.3) is 0 Å². The molecule has 0 aromatic heterocycles. The molecule has 0 fully saturated rings. The van der Waals surface area contributed by atoms with E-state index in [0.717, 1.165) is 6.42 Å². The molecule has 13 heavy (non-hydrogen) atoms. The topological polar surface area (TPSA) is 29.4 Å². The van der Waals surface area contributed by atoms with E-state index in [9.17, 15) is 4.21 Å². The minimum atomic E-state index is -1.12. The standard InChI is InChI=1S/C10H21NOS/c1-7-10(5,6)8-11-13(12)9(2,3)4/h8H,7H2,1-6H3. The van der Waals surface area contributed by atoms with Crippen LogP contribution < -0.4 is 0 Å². The van der Waals surface area contributed by atoms with Gasteiger partial charge in [-0.25, -0.2) is 4.21 Å². The molecular formula is C10H21NOS. The molecule has 0 rings (SSSR count). The predicted octanol–water partition coefficient (Wildman–Crippen LogP) is 2.96. The summed E-state index contributed by atoms with van der Waals surface area (Å²) in [5.41, 5.74) is 0.0565. The first-order chi connectivity index (χ1) is 5.69. The van der Waals surface area contributed by atoms with E-state index in [1.54, 1.807) is 0 Å². The van der Waals surface area contributed by atoms with Gasteiger partial charge in [-0.05, 0) is 27.2 Å². The van der Waals surface area contributed by atoms with Gasteiger partial charge >= 0.3 is 0 Å². The number of hydrogen-bond acceptors (Lipinski definition) is 1. The highest BCUT2D eigenvalue weighted by Crippen LogP contribution is 2.18. The van der Waals surface area contributed by atoms with Crippen LogP contribution in [0.2, 0.25) is 0 Å². The Kier molecular flexibility index (Phi) is 4.30. The van der Waals surface area contributed by atoms with Crippen LogP contribution in [-0.4, -0.2) is 15.2 Å². The smallest absolute Gasteiger partial charge is 0.144 e. The Morgan fingerprint density at radius 1 is 1.23 bits per heavy atom. The molecule has 0 saturated carbocycles. The summed E-state index contributed by atoms with van der Waals surface area (Å²) < 4.78 is 15.4. The Bertz CT molecular complexity index is 213. The molecule has 0 spiro atoms. The Balaban J connectivity index is 4.38. The summed E-state index contributed by atoms with van der Waals surface area (Å²) in [6, 6.07) is 0. The summed E-state index contributed by atoms with van der Waals surface area (Å²) in [5, 5.41) is 0. The Morgan fingerprint density at radius 2 is 1.69 bits per heavy atom. The lowest BCUT2D eigenvalue weighted by Crippen LogP contribution is -2.21. The summed E-state index contributed by atoms with van der Waals surface area (Å²) in [6.45, 7) is 12.1. The van der Waals surface area contributed by atoms with Crippen molar-refractivity contribution in [2.45, 2.75) is 52.7 Å². The van der Waals surface area contributed by atoms with Gasteiger partial charge in [0.25, 0.3) is 0 Å². The Hall–Kier alpha value is -0.180. The third-order valence-electron chi connectivity index (χ3n) is 1.93. The van der Waals surface area contributed by atoms with Crippen molar-refractivity contribution in [2.24, 2.45) is 9.81 Å². The van der Waals surface area contributed by atoms with E-state index in [4.69, 9.17) is 0 Å². The fourth-order valence-electron chi connectivity index (χ4n) is 0.440. The third kappa shape index (κ3) is 5.19. The van der Waals surface area contributed by atoms with E-state index in [-0.39, 0.29) is 10.2 Å². The molecule has 0 heterocycles. The third-order valence-corrected chi connectivity index (χ3v) is 3.28. The molecule has 0 amide bonds. The SMILES string of the molecule is CCC(C)(C)C=NS(=O)C(C)(C)C. The molecule has 0 aliphatic heterocycles. The van der Waals surface area contributed by atoms with Crippen LogP contribution in [0.5, 0.6) is 0 Å². The van der Waals surface area contributed by atoms with E-state index in [1.165, 1.54) is 0 Å². The molecule has 1 atom stereocenters. The molecule has 0 saturated heterocycles. The Labute approximate surface area is 84.4 Å². The second-order valence-electron chi connectivity index (χ2n) is 4.94. The fraction of sp³-hybridized carbons (Fsp3) is 0.900. The van der Waals surface area contributed by atoms with Gasteiger partial charge in [0.1, 0.15) is 11.0 Å². The molecule has 0 aliphatic rings. The van der Waals surface area contributed by atoms with Gasteiger partial charge < -0.3 is 0 Å². The van der Waals surface area contributed by atoms with Crippen molar-refractivity contribution < 1.29 is 4.21 Å². The van der Waals surface area contributed by atoms with Gasteiger partial charge in [0.05, 0.1) is 4.75 Å². The largest absolute Gasteiger partial charge is 0.234 e. The molecular weight excluding hydrogens is 182 g/mol. The maximum atomic E-state index is 11.5. The highest BCUT2D eigenvalue weighted by atomic mass is 32.2. The van der Waals surface area contributed by atoms with Crippen LogP contribution in [0.3, 0.4) is 0 Å². The lowest BCUT2D eigenvalue weighted by atomic mass is 9.92. The zero-order valence-corrected chi connectivity index (χ0v) is 10.4. The molecule has 0 bridgehead atoms. The van der Waals surface area contributed by atoms with Crippen molar-refractivity contribution >= 4 is 17.2 Å². The van der Waals surface area contributed by atoms with Crippen molar-refractivity contribution in [3.63, 3.8) is 0 Å². The van der Waals surface area contributed by atoms with Crippen LogP contribution in [-0.2, 0) is 11.0 Å². The van der Waals surface area contributed by atoms with Crippen LogP contribution >= 0.6 is 0 Å². The van der Waals surface area contributed by atoms with Crippen molar-refractivity contribution in [3.05, 3.63) is 0 Å². The molecule has 0 radical (unpaired) electrons. The van der Waals surface area contributed by atoms with Gasteiger partial charge in [0, 0.05) is 11.6 Å². The van der Waals surface area contributed by atoms with Crippen LogP contribution in [0, 0.1) is 5.41 Å². The van der Waals surface area contributed by atoms with Crippen LogP contribution in [0.1, 0.15) is 48.0 Å². The quantitative estimate of drug-likeness (QED) is 0.648. The van der Waals surface area contributed by atoms with E-state index < -0.39 is 11.0 Å². The van der Waals surface area contributed by atoms with Crippen molar-refractivity contribution in [2.75, 3.05) is 0 Å². The molecule has 0 aromatic carbocycles. The number of hydrogen-bond donors (Lipinski definition) is 0. The highest BCUT2D eigenvalue weighted by Gasteiger charge is 2.19. The Morgan fingerprint density at radius 3 is 2.00 bits per heavy atom. The maximum absolute atomic E-state index is 11.5. The summed E-state index contributed by atoms with van der Waals surface area (Å²) in [5.74, 6) is 0. The number of rotatable bonds is 3. The first-order valence-corrected chi connectivity index (χ1v) is 5.77. The van der Waals surface area contributed by atoms with E-state index in [1.807, 2.05) is 27.0 Å². The minimum absolute atomic E-state index is 0.0565. The van der Waals surface area contributed by atoms with Gasteiger partial charge in [-0.2, -0.15) is 4.40 Å². The lowest BCUT2D eigenvalue weighted by molar-refractivity contribution is 0.516. The fourth-order valence-corrected chi connectivity index (χ4v) is 1.14. The average molecular weight is 203 g/mol. The first-order valence-electron chi connectivity index (χ1n) is 4.66. The van der Waals surface area contributed by atoms with E-state index in [2.05, 4.69) is 25.2 Å². The van der Waals surface area contributed by atoms with E-state index >= 15 is 0 Å². The van der Waals surface area contributed by atoms with Crippen molar-refractivity contribution in [3.8, 4) is 0 Å². The van der Waals surface area contributed by atoms with Crippen molar-refractivity contribution in [1.29, 1.82) is 0 Å². The molecule has 2 nitrogen and oxygen atoms in total. The summed E-state index contributed by atoms with van der Waals surface area (Å²) in [6.07, 6.45) is 2.83. The van der Waals surface area contributed by atoms with Gasteiger partial charge in [0.2, 0.25) is 0 Å². The average Bonchev–Trinajstić information content (AvgIpc) is 1.98. The predicted molar refractivity (Wildman–Crippen MR) is 60.5 cm³/mol. The summed E-state index contributed by atoms with van der Waals surface area (Å²) >= 11 is 0. The minimum Gasteiger partial charge on any atom is -0.234 e. The zero-order chi connectivity index (χ0) is 10.7. The second-order valence-corrected chi connectivity index (χ2v) is 6.87. The van der Waals surface area contributed by atoms with Crippen molar-refractivity contribution in [1.82, 2.24) is 0 Å². The van der Waals surface area contributed by atoms with Crippen LogP contribution in [0.15, 0.2) is 4.40 Å². The van der Waals surface area contributed by atoms with Gasteiger partial charge in [-0.1, -0.05) is 20.8 Å². The van der Waals surface area contributed by atoms with Gasteiger partial charge in [0.15, 0.2) is 0 Å². The molecule has 78 valence electrons. The molecule has 3 heteroatoms. The van der Waals surface area contributed by atoms with E-state index in [0.29, 0.717) is 0 Å². The molecule has 0 aliphatic carbocycles. The monoisotopic (exact) mass is 203 g/mol. The van der Waals surface area contributed by atoms with Gasteiger partial charge in [-0.3, -0.25) is 0 Å². The highest BCUT2D eigenvalue weighted by molar-refractivity contribution is 7.85. The molecule has 0 aromatic rings. The molecule has 0 N–H and O–H groups in total. The number of nitrogens with zero attached hydrogens (tertiary/aromatic N) is 1. The summed E-state index contributed by atoms with van der Waals surface area (Å²) in [7, 11) is -1.12.